The number of nitrogens with one attached hydrogen (secondary N) is 2. The number of rotatable bonds is 5. The van der Waals surface area contributed by atoms with Gasteiger partial charge in [-0.05, 0) is 53.3 Å². The maximum Gasteiger partial charge on any atom is 0.315 e. The van der Waals surface area contributed by atoms with Gasteiger partial charge in [0.25, 0.3) is 0 Å². The Balaban J connectivity index is 1.91. The standard InChI is InChI=1S/C17H22N2OS/c1-12(2)19-17(20)18-10-13(3)14-4-6-15(7-5-14)16-8-9-21-11-16/h4-9,11-13H,10H2,1-3H3,(H2,18,19,20). The van der Waals surface area contributed by atoms with E-state index in [1.807, 2.05) is 13.8 Å². The van der Waals surface area contributed by atoms with Crippen LogP contribution < -0.4 is 10.6 Å². The number of carbonyl (C=O) groups is 1. The summed E-state index contributed by atoms with van der Waals surface area (Å²) in [7, 11) is 0. The molecule has 3 nitrogen and oxygen atoms in total. The van der Waals surface area contributed by atoms with Crippen LogP contribution in [0.3, 0.4) is 0 Å². The Hall–Kier alpha value is -1.81. The van der Waals surface area contributed by atoms with Crippen LogP contribution in [0.1, 0.15) is 32.3 Å². The SMILES string of the molecule is CC(C)NC(=O)NCC(C)c1ccc(-c2ccsc2)cc1. The van der Waals surface area contributed by atoms with E-state index in [0.29, 0.717) is 12.5 Å². The molecule has 1 heterocycles. The zero-order valence-corrected chi connectivity index (χ0v) is 13.5. The van der Waals surface area contributed by atoms with Crippen LogP contribution in [0.25, 0.3) is 11.1 Å². The van der Waals surface area contributed by atoms with Crippen molar-refractivity contribution in [3.8, 4) is 11.1 Å². The summed E-state index contributed by atoms with van der Waals surface area (Å²) >= 11 is 1.71. The molecule has 1 unspecified atom stereocenters. The van der Waals surface area contributed by atoms with Gasteiger partial charge in [0.1, 0.15) is 0 Å². The van der Waals surface area contributed by atoms with Gasteiger partial charge in [-0.1, -0.05) is 31.2 Å². The lowest BCUT2D eigenvalue weighted by molar-refractivity contribution is 0.238. The molecule has 2 aromatic rings. The minimum atomic E-state index is -0.105. The molecule has 4 heteroatoms. The molecule has 0 saturated carbocycles. The van der Waals surface area contributed by atoms with Gasteiger partial charge in [0.05, 0.1) is 0 Å². The van der Waals surface area contributed by atoms with Crippen molar-refractivity contribution in [2.75, 3.05) is 6.54 Å². The molecule has 1 atom stereocenters. The van der Waals surface area contributed by atoms with Gasteiger partial charge in [-0.3, -0.25) is 0 Å². The number of benzene rings is 1. The molecule has 0 radical (unpaired) electrons. The molecule has 2 rings (SSSR count). The number of carbonyl (C=O) groups excluding carboxylic acids is 1. The second-order valence-electron chi connectivity index (χ2n) is 5.54. The second kappa shape index (κ2) is 7.27. The van der Waals surface area contributed by atoms with Gasteiger partial charge in [-0.25, -0.2) is 4.79 Å². The zero-order valence-electron chi connectivity index (χ0n) is 12.7. The van der Waals surface area contributed by atoms with Crippen molar-refractivity contribution in [1.29, 1.82) is 0 Å². The van der Waals surface area contributed by atoms with E-state index in [2.05, 4.69) is 58.6 Å². The molecule has 1 aromatic carbocycles. The van der Waals surface area contributed by atoms with Crippen LogP contribution in [0.2, 0.25) is 0 Å². The molecule has 2 N–H and O–H groups in total. The van der Waals surface area contributed by atoms with Gasteiger partial charge < -0.3 is 10.6 Å². The van der Waals surface area contributed by atoms with Crippen molar-refractivity contribution >= 4 is 17.4 Å². The van der Waals surface area contributed by atoms with Gasteiger partial charge in [0, 0.05) is 12.6 Å². The molecule has 0 bridgehead atoms. The lowest BCUT2D eigenvalue weighted by atomic mass is 9.98. The Morgan fingerprint density at radius 3 is 2.38 bits per heavy atom. The molecule has 2 amide bonds. The third-order valence-electron chi connectivity index (χ3n) is 3.32. The van der Waals surface area contributed by atoms with E-state index in [9.17, 15) is 4.79 Å². The highest BCUT2D eigenvalue weighted by molar-refractivity contribution is 7.08. The summed E-state index contributed by atoms with van der Waals surface area (Å²) < 4.78 is 0. The summed E-state index contributed by atoms with van der Waals surface area (Å²) in [5, 5.41) is 9.97. The number of hydrogen-bond donors (Lipinski definition) is 2. The molecule has 21 heavy (non-hydrogen) atoms. The minimum absolute atomic E-state index is 0.105. The number of amides is 2. The summed E-state index contributed by atoms with van der Waals surface area (Å²) in [6, 6.07) is 10.7. The fourth-order valence-electron chi connectivity index (χ4n) is 2.11. The fraction of sp³-hybridized carbons (Fsp3) is 0.353. The van der Waals surface area contributed by atoms with Crippen molar-refractivity contribution in [1.82, 2.24) is 10.6 Å². The Labute approximate surface area is 130 Å². The maximum absolute atomic E-state index is 11.6. The summed E-state index contributed by atoms with van der Waals surface area (Å²) in [6.07, 6.45) is 0. The first kappa shape index (κ1) is 15.6. The number of hydrogen-bond acceptors (Lipinski definition) is 2. The Morgan fingerprint density at radius 1 is 1.10 bits per heavy atom. The van der Waals surface area contributed by atoms with Crippen molar-refractivity contribution in [3.05, 3.63) is 46.7 Å². The highest BCUT2D eigenvalue weighted by Gasteiger charge is 2.08. The largest absolute Gasteiger partial charge is 0.338 e. The fourth-order valence-corrected chi connectivity index (χ4v) is 2.77. The molecule has 0 aliphatic heterocycles. The average molecular weight is 302 g/mol. The minimum Gasteiger partial charge on any atom is -0.338 e. The Morgan fingerprint density at radius 2 is 1.81 bits per heavy atom. The van der Waals surface area contributed by atoms with Gasteiger partial charge in [0.15, 0.2) is 0 Å². The molecule has 0 aliphatic rings. The molecule has 0 spiro atoms. The normalized spacial score (nSPS) is 12.2. The lowest BCUT2D eigenvalue weighted by Crippen LogP contribution is -2.40. The van der Waals surface area contributed by atoms with Crippen molar-refractivity contribution in [3.63, 3.8) is 0 Å². The van der Waals surface area contributed by atoms with Crippen LogP contribution in [0.15, 0.2) is 41.1 Å². The first-order valence-electron chi connectivity index (χ1n) is 7.23. The summed E-state index contributed by atoms with van der Waals surface area (Å²) in [6.45, 7) is 6.66. The molecule has 0 aliphatic carbocycles. The molecule has 112 valence electrons. The first-order chi connectivity index (χ1) is 10.1. The van der Waals surface area contributed by atoms with Crippen molar-refractivity contribution in [2.24, 2.45) is 0 Å². The third kappa shape index (κ3) is 4.60. The van der Waals surface area contributed by atoms with Crippen LogP contribution in [-0.2, 0) is 0 Å². The van der Waals surface area contributed by atoms with E-state index in [-0.39, 0.29) is 12.1 Å². The van der Waals surface area contributed by atoms with Crippen LogP contribution in [-0.4, -0.2) is 18.6 Å². The summed E-state index contributed by atoms with van der Waals surface area (Å²) in [5.74, 6) is 0.291. The Kier molecular flexibility index (Phi) is 5.39. The van der Waals surface area contributed by atoms with Crippen molar-refractivity contribution < 1.29 is 4.79 Å². The highest BCUT2D eigenvalue weighted by Crippen LogP contribution is 2.24. The van der Waals surface area contributed by atoms with E-state index in [1.54, 1.807) is 11.3 Å². The van der Waals surface area contributed by atoms with Crippen LogP contribution in [0, 0.1) is 0 Å². The molecular formula is C17H22N2OS. The van der Waals surface area contributed by atoms with Gasteiger partial charge in [-0.2, -0.15) is 11.3 Å². The third-order valence-corrected chi connectivity index (χ3v) is 4.01. The van der Waals surface area contributed by atoms with Gasteiger partial charge >= 0.3 is 6.03 Å². The number of urea groups is 1. The maximum atomic E-state index is 11.6. The van der Waals surface area contributed by atoms with E-state index in [1.165, 1.54) is 16.7 Å². The van der Waals surface area contributed by atoms with Crippen LogP contribution >= 0.6 is 11.3 Å². The molecule has 1 aromatic heterocycles. The van der Waals surface area contributed by atoms with E-state index in [4.69, 9.17) is 0 Å². The average Bonchev–Trinajstić information content (AvgIpc) is 2.98. The summed E-state index contributed by atoms with van der Waals surface area (Å²) in [4.78, 5) is 11.6. The molecule has 0 fully saturated rings. The zero-order chi connectivity index (χ0) is 15.2. The van der Waals surface area contributed by atoms with Crippen LogP contribution in [0.4, 0.5) is 4.79 Å². The lowest BCUT2D eigenvalue weighted by Gasteiger charge is -2.15. The number of thiophene rings is 1. The molecular weight excluding hydrogens is 280 g/mol. The van der Waals surface area contributed by atoms with Gasteiger partial charge in [0.2, 0.25) is 0 Å². The Bertz CT molecular complexity index is 561. The quantitative estimate of drug-likeness (QED) is 0.853. The van der Waals surface area contributed by atoms with E-state index in [0.717, 1.165) is 0 Å². The van der Waals surface area contributed by atoms with Crippen LogP contribution in [0.5, 0.6) is 0 Å². The topological polar surface area (TPSA) is 41.1 Å². The predicted octanol–water partition coefficient (Wildman–Crippen LogP) is 4.23. The van der Waals surface area contributed by atoms with Crippen molar-refractivity contribution in [2.45, 2.75) is 32.7 Å². The second-order valence-corrected chi connectivity index (χ2v) is 6.32. The first-order valence-corrected chi connectivity index (χ1v) is 8.17. The molecule has 0 saturated heterocycles. The van der Waals surface area contributed by atoms with E-state index >= 15 is 0 Å². The van der Waals surface area contributed by atoms with E-state index < -0.39 is 0 Å². The monoisotopic (exact) mass is 302 g/mol. The van der Waals surface area contributed by atoms with Gasteiger partial charge in [-0.15, -0.1) is 0 Å². The summed E-state index contributed by atoms with van der Waals surface area (Å²) in [5.41, 5.74) is 3.73. The predicted molar refractivity (Wildman–Crippen MR) is 89.8 cm³/mol. The smallest absolute Gasteiger partial charge is 0.315 e. The highest BCUT2D eigenvalue weighted by atomic mass is 32.1.